The smallest absolute Gasteiger partial charge is 0.410 e. The fourth-order valence-electron chi connectivity index (χ4n) is 3.43. The Kier molecular flexibility index (Phi) is 7.77. The fraction of sp³-hybridized carbons (Fsp3) is 0.900. The molecule has 0 heterocycles. The van der Waals surface area contributed by atoms with Crippen molar-refractivity contribution in [1.82, 2.24) is 15.5 Å². The highest BCUT2D eigenvalue weighted by Crippen LogP contribution is 2.43. The lowest BCUT2D eigenvalue weighted by atomic mass is 9.67. The molecule has 2 aliphatic rings. The van der Waals surface area contributed by atoms with Crippen LogP contribution in [0.1, 0.15) is 59.3 Å². The number of rotatable bonds is 9. The molecule has 0 atom stereocenters. The highest BCUT2D eigenvalue weighted by atomic mass is 16.6. The average molecular weight is 383 g/mol. The Bertz CT molecular complexity index is 508. The van der Waals surface area contributed by atoms with Crippen molar-refractivity contribution in [3.05, 3.63) is 0 Å². The van der Waals surface area contributed by atoms with Crippen LogP contribution in [0.25, 0.3) is 0 Å². The first-order valence-electron chi connectivity index (χ1n) is 10.2. The minimum atomic E-state index is -0.464. The summed E-state index contributed by atoms with van der Waals surface area (Å²) in [7, 11) is 3.54. The second-order valence-electron chi connectivity index (χ2n) is 8.85. The third-order valence-corrected chi connectivity index (χ3v) is 5.37. The number of nitrogens with zero attached hydrogens (tertiary/aromatic N) is 2. The van der Waals surface area contributed by atoms with Crippen LogP contribution in [-0.2, 0) is 9.47 Å². The molecule has 0 aromatic rings. The summed E-state index contributed by atoms with van der Waals surface area (Å²) in [6, 6.07) is 0.323. The zero-order valence-electron chi connectivity index (χ0n) is 17.8. The fourth-order valence-corrected chi connectivity index (χ4v) is 3.43. The Morgan fingerprint density at radius 3 is 2.44 bits per heavy atom. The van der Waals surface area contributed by atoms with Crippen LogP contribution < -0.4 is 10.6 Å². The first kappa shape index (κ1) is 21.8. The number of methoxy groups -OCH3 is 1. The SMILES string of the molecule is CN=C(NCCN(C(=O)OC(C)(C)C)C1CC1)NCC1(CCOC)CCC1. The minimum absolute atomic E-state index is 0.220. The molecule has 0 unspecified atom stereocenters. The van der Waals surface area contributed by atoms with Gasteiger partial charge in [-0.1, -0.05) is 6.42 Å². The quantitative estimate of drug-likeness (QED) is 0.474. The molecule has 156 valence electrons. The molecule has 0 spiro atoms. The highest BCUT2D eigenvalue weighted by Gasteiger charge is 2.37. The number of hydrogen-bond acceptors (Lipinski definition) is 4. The molecular weight excluding hydrogens is 344 g/mol. The largest absolute Gasteiger partial charge is 0.444 e. The number of amides is 1. The van der Waals surface area contributed by atoms with E-state index in [2.05, 4.69) is 15.6 Å². The van der Waals surface area contributed by atoms with E-state index in [1.165, 1.54) is 19.3 Å². The van der Waals surface area contributed by atoms with Gasteiger partial charge in [0, 0.05) is 46.4 Å². The molecule has 0 aromatic carbocycles. The molecule has 7 nitrogen and oxygen atoms in total. The van der Waals surface area contributed by atoms with Gasteiger partial charge < -0.3 is 25.0 Å². The van der Waals surface area contributed by atoms with Gasteiger partial charge in [0.15, 0.2) is 5.96 Å². The summed E-state index contributed by atoms with van der Waals surface area (Å²) in [5, 5.41) is 6.79. The van der Waals surface area contributed by atoms with Crippen LogP contribution in [0.4, 0.5) is 4.79 Å². The Hall–Kier alpha value is -1.50. The average Bonchev–Trinajstić information content (AvgIpc) is 3.38. The van der Waals surface area contributed by atoms with Crippen LogP contribution in [0.5, 0.6) is 0 Å². The summed E-state index contributed by atoms with van der Waals surface area (Å²) in [5.41, 5.74) is -0.126. The van der Waals surface area contributed by atoms with Gasteiger partial charge in [0.1, 0.15) is 5.60 Å². The van der Waals surface area contributed by atoms with Crippen LogP contribution in [0.2, 0.25) is 0 Å². The normalized spacial score (nSPS) is 19.2. The van der Waals surface area contributed by atoms with Crippen molar-refractivity contribution in [2.45, 2.75) is 70.9 Å². The molecule has 0 aliphatic heterocycles. The van der Waals surface area contributed by atoms with E-state index in [0.29, 0.717) is 24.5 Å². The first-order valence-corrected chi connectivity index (χ1v) is 10.2. The number of hydrogen-bond donors (Lipinski definition) is 2. The zero-order valence-corrected chi connectivity index (χ0v) is 17.8. The Morgan fingerprint density at radius 1 is 1.26 bits per heavy atom. The van der Waals surface area contributed by atoms with E-state index in [1.54, 1.807) is 14.2 Å². The molecule has 7 heteroatoms. The number of aliphatic imine (C=N–C) groups is 1. The van der Waals surface area contributed by atoms with Gasteiger partial charge in [0.2, 0.25) is 0 Å². The molecule has 2 aliphatic carbocycles. The van der Waals surface area contributed by atoms with Crippen molar-refractivity contribution >= 4 is 12.1 Å². The summed E-state index contributed by atoms with van der Waals surface area (Å²) in [6.07, 6.45) is 6.78. The predicted molar refractivity (Wildman–Crippen MR) is 108 cm³/mol. The van der Waals surface area contributed by atoms with Crippen LogP contribution >= 0.6 is 0 Å². The van der Waals surface area contributed by atoms with E-state index in [1.807, 2.05) is 25.7 Å². The number of carbonyl (C=O) groups excluding carboxylic acids is 1. The maximum absolute atomic E-state index is 12.4. The summed E-state index contributed by atoms with van der Waals surface area (Å²) < 4.78 is 10.8. The van der Waals surface area contributed by atoms with E-state index in [0.717, 1.165) is 38.4 Å². The molecule has 0 saturated heterocycles. The summed E-state index contributed by atoms with van der Waals surface area (Å²) in [4.78, 5) is 18.6. The summed E-state index contributed by atoms with van der Waals surface area (Å²) in [6.45, 7) is 8.70. The zero-order chi connectivity index (χ0) is 19.9. The third kappa shape index (κ3) is 7.20. The van der Waals surface area contributed by atoms with Crippen molar-refractivity contribution < 1.29 is 14.3 Å². The molecule has 2 saturated carbocycles. The highest BCUT2D eigenvalue weighted by molar-refractivity contribution is 5.79. The Balaban J connectivity index is 1.75. The van der Waals surface area contributed by atoms with E-state index in [-0.39, 0.29) is 6.09 Å². The van der Waals surface area contributed by atoms with Crippen molar-refractivity contribution in [3.8, 4) is 0 Å². The van der Waals surface area contributed by atoms with Crippen LogP contribution in [0.15, 0.2) is 4.99 Å². The molecular formula is C20H38N4O3. The monoisotopic (exact) mass is 382 g/mol. The standard InChI is InChI=1S/C20H38N4O3/c1-19(2,3)27-18(25)24(16-7-8-16)13-12-22-17(21-4)23-15-20(9-6-10-20)11-14-26-5/h16H,6-15H2,1-5H3,(H2,21,22,23). The lowest BCUT2D eigenvalue weighted by Gasteiger charge is -2.42. The van der Waals surface area contributed by atoms with Gasteiger partial charge in [0.05, 0.1) is 0 Å². The van der Waals surface area contributed by atoms with Gasteiger partial charge in [-0.15, -0.1) is 0 Å². The minimum Gasteiger partial charge on any atom is -0.444 e. The van der Waals surface area contributed by atoms with Gasteiger partial charge in [-0.25, -0.2) is 4.79 Å². The topological polar surface area (TPSA) is 75.2 Å². The molecule has 2 N–H and O–H groups in total. The van der Waals surface area contributed by atoms with Gasteiger partial charge in [0.25, 0.3) is 0 Å². The third-order valence-electron chi connectivity index (χ3n) is 5.37. The number of nitrogens with one attached hydrogen (secondary N) is 2. The van der Waals surface area contributed by atoms with Gasteiger partial charge >= 0.3 is 6.09 Å². The maximum Gasteiger partial charge on any atom is 0.410 e. The van der Waals surface area contributed by atoms with Crippen LogP contribution in [-0.4, -0.2) is 69.0 Å². The lowest BCUT2D eigenvalue weighted by Crippen LogP contribution is -2.49. The number of carbonyl (C=O) groups is 1. The molecule has 0 aromatic heterocycles. The van der Waals surface area contributed by atoms with E-state index < -0.39 is 5.60 Å². The number of guanidine groups is 1. The van der Waals surface area contributed by atoms with Crippen LogP contribution in [0.3, 0.4) is 0 Å². The Labute approximate surface area is 164 Å². The first-order chi connectivity index (χ1) is 12.8. The lowest BCUT2D eigenvalue weighted by molar-refractivity contribution is 0.0238. The summed E-state index contributed by atoms with van der Waals surface area (Å²) in [5.74, 6) is 0.790. The predicted octanol–water partition coefficient (Wildman–Crippen LogP) is 2.76. The van der Waals surface area contributed by atoms with E-state index in [4.69, 9.17) is 9.47 Å². The molecule has 27 heavy (non-hydrogen) atoms. The van der Waals surface area contributed by atoms with Crippen molar-refractivity contribution in [2.24, 2.45) is 10.4 Å². The van der Waals surface area contributed by atoms with Crippen molar-refractivity contribution in [1.29, 1.82) is 0 Å². The maximum atomic E-state index is 12.4. The van der Waals surface area contributed by atoms with E-state index >= 15 is 0 Å². The van der Waals surface area contributed by atoms with Gasteiger partial charge in [-0.2, -0.15) is 0 Å². The molecule has 0 bridgehead atoms. The molecule has 2 fully saturated rings. The molecule has 1 amide bonds. The van der Waals surface area contributed by atoms with E-state index in [9.17, 15) is 4.79 Å². The summed E-state index contributed by atoms with van der Waals surface area (Å²) >= 11 is 0. The van der Waals surface area contributed by atoms with Crippen molar-refractivity contribution in [2.75, 3.05) is 40.4 Å². The van der Waals surface area contributed by atoms with Crippen molar-refractivity contribution in [3.63, 3.8) is 0 Å². The molecule has 0 radical (unpaired) electrons. The Morgan fingerprint density at radius 2 is 1.96 bits per heavy atom. The van der Waals surface area contributed by atoms with Gasteiger partial charge in [-0.3, -0.25) is 4.99 Å². The number of ether oxygens (including phenoxy) is 2. The molecule has 2 rings (SSSR count). The van der Waals surface area contributed by atoms with Crippen LogP contribution in [0, 0.1) is 5.41 Å². The second-order valence-corrected chi connectivity index (χ2v) is 8.85. The van der Waals surface area contributed by atoms with Gasteiger partial charge in [-0.05, 0) is 58.3 Å². The second kappa shape index (κ2) is 9.62.